The van der Waals surface area contributed by atoms with Gasteiger partial charge in [0.15, 0.2) is 0 Å². The first-order chi connectivity index (χ1) is 2.89. The summed E-state index contributed by atoms with van der Waals surface area (Å²) in [6.07, 6.45) is 5.00. The molecule has 0 aromatic rings. The summed E-state index contributed by atoms with van der Waals surface area (Å²) in [5.74, 6) is -0.407. The molecule has 1 rings (SSSR count). The Labute approximate surface area is 35.4 Å². The Balaban J connectivity index is 2.52. The van der Waals surface area contributed by atoms with Gasteiger partial charge in [0.1, 0.15) is 6.42 Å². The van der Waals surface area contributed by atoms with Crippen LogP contribution in [0.4, 0.5) is 0 Å². The summed E-state index contributed by atoms with van der Waals surface area (Å²) in [5.41, 5.74) is 0. The van der Waals surface area contributed by atoms with E-state index in [-0.39, 0.29) is 0 Å². The van der Waals surface area contributed by atoms with Crippen molar-refractivity contribution in [2.24, 2.45) is 0 Å². The maximum absolute atomic E-state index is 9.85. The zero-order valence-corrected chi connectivity index (χ0v) is 2.97. The number of esters is 1. The number of cyclic esters (lactones) is 1. The summed E-state index contributed by atoms with van der Waals surface area (Å²) in [6.45, 7) is 0. The molecule has 0 N–H and O–H groups in total. The molecular formula is C4H2O2. The molecule has 2 heteroatoms. The lowest BCUT2D eigenvalue weighted by atomic mass is 10.5. The quantitative estimate of drug-likeness (QED) is 0.388. The smallest absolute Gasteiger partial charge is 0.324 e. The molecule has 2 nitrogen and oxygen atoms in total. The van der Waals surface area contributed by atoms with E-state index in [1.54, 1.807) is 0 Å². The second-order valence-corrected chi connectivity index (χ2v) is 0.852. The molecule has 0 atom stereocenters. The Kier molecular flexibility index (Phi) is 0.638. The van der Waals surface area contributed by atoms with Crippen molar-refractivity contribution in [2.45, 2.75) is 0 Å². The lowest BCUT2D eigenvalue weighted by Crippen LogP contribution is -1.88. The van der Waals surface area contributed by atoms with Gasteiger partial charge < -0.3 is 4.74 Å². The zero-order chi connectivity index (χ0) is 4.41. The van der Waals surface area contributed by atoms with E-state index < -0.39 is 5.97 Å². The van der Waals surface area contributed by atoms with Gasteiger partial charge >= 0.3 is 5.97 Å². The van der Waals surface area contributed by atoms with Crippen molar-refractivity contribution >= 4 is 5.97 Å². The van der Waals surface area contributed by atoms with E-state index in [4.69, 9.17) is 0 Å². The van der Waals surface area contributed by atoms with Crippen LogP contribution in [0.25, 0.3) is 0 Å². The van der Waals surface area contributed by atoms with Crippen molar-refractivity contribution in [3.05, 3.63) is 18.8 Å². The molecule has 6 heavy (non-hydrogen) atoms. The zero-order valence-electron chi connectivity index (χ0n) is 2.97. The SMILES string of the molecule is O=C1[C]C=CO1. The van der Waals surface area contributed by atoms with Crippen molar-refractivity contribution in [3.63, 3.8) is 0 Å². The summed E-state index contributed by atoms with van der Waals surface area (Å²) in [6, 6.07) is 0. The largest absolute Gasteiger partial charge is 0.434 e. The Morgan fingerprint density at radius 3 is 2.83 bits per heavy atom. The Morgan fingerprint density at radius 2 is 2.67 bits per heavy atom. The predicted molar refractivity (Wildman–Crippen MR) is 18.5 cm³/mol. The first-order valence-electron chi connectivity index (χ1n) is 1.52. The minimum Gasteiger partial charge on any atom is -0.434 e. The van der Waals surface area contributed by atoms with Crippen LogP contribution in [0.3, 0.4) is 0 Å². The number of rotatable bonds is 0. The van der Waals surface area contributed by atoms with Gasteiger partial charge in [0.2, 0.25) is 0 Å². The molecule has 0 bridgehead atoms. The Bertz CT molecular complexity index is 83.7. The van der Waals surface area contributed by atoms with Crippen molar-refractivity contribution in [3.8, 4) is 0 Å². The molecule has 0 aromatic heterocycles. The highest BCUT2D eigenvalue weighted by molar-refractivity contribution is 5.83. The van der Waals surface area contributed by atoms with Crippen LogP contribution < -0.4 is 0 Å². The van der Waals surface area contributed by atoms with E-state index in [9.17, 15) is 4.79 Å². The van der Waals surface area contributed by atoms with Crippen LogP contribution in [-0.4, -0.2) is 5.97 Å². The average molecular weight is 82.1 g/mol. The molecule has 0 spiro atoms. The summed E-state index contributed by atoms with van der Waals surface area (Å²) in [4.78, 5) is 9.85. The first kappa shape index (κ1) is 3.40. The molecular weight excluding hydrogens is 80.0 g/mol. The van der Waals surface area contributed by atoms with Gasteiger partial charge in [-0.15, -0.1) is 0 Å². The topological polar surface area (TPSA) is 26.3 Å². The molecule has 0 aromatic carbocycles. The summed E-state index contributed by atoms with van der Waals surface area (Å²) >= 11 is 0. The fourth-order valence-corrected chi connectivity index (χ4v) is 0.232. The summed E-state index contributed by atoms with van der Waals surface area (Å²) in [7, 11) is 0. The van der Waals surface area contributed by atoms with Crippen LogP contribution in [-0.2, 0) is 9.53 Å². The van der Waals surface area contributed by atoms with Gasteiger partial charge in [-0.1, -0.05) is 0 Å². The highest BCUT2D eigenvalue weighted by Gasteiger charge is 2.02. The Morgan fingerprint density at radius 1 is 1.83 bits per heavy atom. The van der Waals surface area contributed by atoms with Crippen molar-refractivity contribution in [2.75, 3.05) is 0 Å². The number of ether oxygens (including phenoxy) is 1. The maximum atomic E-state index is 9.85. The third-order valence-corrected chi connectivity index (χ3v) is 0.444. The standard InChI is InChI=1S/C4H2O2/c5-4-2-1-3-6-4/h1,3H. The van der Waals surface area contributed by atoms with Gasteiger partial charge in [-0.25, -0.2) is 0 Å². The van der Waals surface area contributed by atoms with Crippen molar-refractivity contribution in [1.29, 1.82) is 0 Å². The van der Waals surface area contributed by atoms with Crippen LogP contribution in [0, 0.1) is 6.42 Å². The maximum Gasteiger partial charge on any atom is 0.324 e. The number of hydrogen-bond acceptors (Lipinski definition) is 2. The Hall–Kier alpha value is -0.790. The van der Waals surface area contributed by atoms with Gasteiger partial charge in [0.25, 0.3) is 0 Å². The molecule has 1 aliphatic heterocycles. The highest BCUT2D eigenvalue weighted by Crippen LogP contribution is 1.95. The summed E-state index contributed by atoms with van der Waals surface area (Å²) in [5, 5.41) is 0. The number of hydrogen-bond donors (Lipinski definition) is 0. The lowest BCUT2D eigenvalue weighted by molar-refractivity contribution is -0.132. The molecule has 0 saturated heterocycles. The van der Waals surface area contributed by atoms with Crippen LogP contribution >= 0.6 is 0 Å². The number of carbonyl (C=O) groups is 1. The van der Waals surface area contributed by atoms with Gasteiger partial charge in [-0.3, -0.25) is 4.79 Å². The summed E-state index contributed by atoms with van der Waals surface area (Å²) < 4.78 is 4.22. The highest BCUT2D eigenvalue weighted by atomic mass is 16.5. The second-order valence-electron chi connectivity index (χ2n) is 0.852. The van der Waals surface area contributed by atoms with Crippen molar-refractivity contribution < 1.29 is 9.53 Å². The van der Waals surface area contributed by atoms with Gasteiger partial charge in [0.05, 0.1) is 6.26 Å². The molecule has 0 unspecified atom stereocenters. The van der Waals surface area contributed by atoms with E-state index in [0.717, 1.165) is 0 Å². The monoisotopic (exact) mass is 82.0 g/mol. The van der Waals surface area contributed by atoms with E-state index in [2.05, 4.69) is 11.2 Å². The molecule has 0 fully saturated rings. The molecule has 1 aliphatic rings. The fraction of sp³-hybridized carbons (Fsp3) is 0. The van der Waals surface area contributed by atoms with E-state index in [0.29, 0.717) is 0 Å². The fourth-order valence-electron chi connectivity index (χ4n) is 0.232. The molecule has 0 saturated carbocycles. The first-order valence-corrected chi connectivity index (χ1v) is 1.52. The van der Waals surface area contributed by atoms with Crippen LogP contribution in [0.1, 0.15) is 0 Å². The van der Waals surface area contributed by atoms with E-state index in [1.165, 1.54) is 12.3 Å². The minimum atomic E-state index is -0.407. The lowest BCUT2D eigenvalue weighted by Gasteiger charge is -1.77. The predicted octanol–water partition coefficient (Wildman–Crippen LogP) is 0.138. The van der Waals surface area contributed by atoms with E-state index >= 15 is 0 Å². The molecule has 1 heterocycles. The molecule has 0 amide bonds. The minimum absolute atomic E-state index is 0.407. The normalized spacial score (nSPS) is 18.3. The molecule has 0 aliphatic carbocycles. The van der Waals surface area contributed by atoms with Crippen molar-refractivity contribution in [1.82, 2.24) is 0 Å². The van der Waals surface area contributed by atoms with E-state index in [1.807, 2.05) is 0 Å². The van der Waals surface area contributed by atoms with Crippen LogP contribution in [0.2, 0.25) is 0 Å². The van der Waals surface area contributed by atoms with Crippen LogP contribution in [0.15, 0.2) is 12.3 Å². The molecule has 2 radical (unpaired) electrons. The second kappa shape index (κ2) is 1.12. The van der Waals surface area contributed by atoms with Gasteiger partial charge in [-0.05, 0) is 6.08 Å². The third-order valence-electron chi connectivity index (χ3n) is 0.444. The average Bonchev–Trinajstić information content (AvgIpc) is 1.86. The van der Waals surface area contributed by atoms with Crippen LogP contribution in [0.5, 0.6) is 0 Å². The van der Waals surface area contributed by atoms with Gasteiger partial charge in [0, 0.05) is 0 Å². The third kappa shape index (κ3) is 0.407. The molecule has 30 valence electrons. The number of carbonyl (C=O) groups excluding carboxylic acids is 1. The van der Waals surface area contributed by atoms with Gasteiger partial charge in [-0.2, -0.15) is 0 Å².